The summed E-state index contributed by atoms with van der Waals surface area (Å²) in [4.78, 5) is 9.94. The molecule has 23 heavy (non-hydrogen) atoms. The second-order valence-corrected chi connectivity index (χ2v) is 6.84. The van der Waals surface area contributed by atoms with Gasteiger partial charge in [-0.1, -0.05) is 29.3 Å². The smallest absolute Gasteiger partial charge is 0.312 e. The summed E-state index contributed by atoms with van der Waals surface area (Å²) in [6, 6.07) is 7.94. The molecule has 2 aromatic carbocycles. The molecule has 0 bridgehead atoms. The minimum absolute atomic E-state index is 0.00749. The summed E-state index contributed by atoms with van der Waals surface area (Å²) in [5.74, 6) is -0.0894. The molecule has 0 saturated carbocycles. The average molecular weight is 377 g/mol. The van der Waals surface area contributed by atoms with Gasteiger partial charge >= 0.3 is 5.69 Å². The highest BCUT2D eigenvalue weighted by Crippen LogP contribution is 2.30. The van der Waals surface area contributed by atoms with Crippen molar-refractivity contribution >= 4 is 38.9 Å². The maximum Gasteiger partial charge on any atom is 0.312 e. The third kappa shape index (κ3) is 4.32. The first-order valence-electron chi connectivity index (χ1n) is 6.06. The molecule has 2 rings (SSSR count). The van der Waals surface area contributed by atoms with E-state index in [2.05, 4.69) is 0 Å². The summed E-state index contributed by atoms with van der Waals surface area (Å²) in [6.45, 7) is -0.00749. The minimum atomic E-state index is -4.05. The number of primary sulfonamides is 1. The van der Waals surface area contributed by atoms with Crippen LogP contribution in [0.5, 0.6) is 5.75 Å². The van der Waals surface area contributed by atoms with Gasteiger partial charge in [0, 0.05) is 6.07 Å². The highest BCUT2D eigenvalue weighted by molar-refractivity contribution is 7.89. The number of sulfonamides is 1. The van der Waals surface area contributed by atoms with Crippen LogP contribution in [0.4, 0.5) is 5.69 Å². The lowest BCUT2D eigenvalue weighted by molar-refractivity contribution is -0.386. The predicted molar refractivity (Wildman–Crippen MR) is 85.3 cm³/mol. The van der Waals surface area contributed by atoms with E-state index < -0.39 is 20.6 Å². The fraction of sp³-hybridized carbons (Fsp3) is 0.0769. The molecule has 0 unspecified atom stereocenters. The van der Waals surface area contributed by atoms with E-state index in [0.717, 1.165) is 12.1 Å². The number of nitrogens with two attached hydrogens (primary N) is 1. The summed E-state index contributed by atoms with van der Waals surface area (Å²) >= 11 is 11.7. The number of hydrogen-bond donors (Lipinski definition) is 1. The number of rotatable bonds is 5. The molecule has 0 heterocycles. The Labute approximate surface area is 141 Å². The first-order valence-corrected chi connectivity index (χ1v) is 8.36. The van der Waals surface area contributed by atoms with E-state index in [1.807, 2.05) is 0 Å². The highest BCUT2D eigenvalue weighted by atomic mass is 35.5. The molecule has 2 N–H and O–H groups in total. The van der Waals surface area contributed by atoms with E-state index in [1.165, 1.54) is 6.07 Å². The van der Waals surface area contributed by atoms with Crippen molar-refractivity contribution in [1.82, 2.24) is 0 Å². The molecule has 122 valence electrons. The topological polar surface area (TPSA) is 113 Å². The second kappa shape index (κ2) is 6.71. The first-order chi connectivity index (χ1) is 10.7. The van der Waals surface area contributed by atoms with Crippen molar-refractivity contribution in [3.8, 4) is 5.75 Å². The van der Waals surface area contributed by atoms with Gasteiger partial charge in [-0.2, -0.15) is 0 Å². The van der Waals surface area contributed by atoms with Crippen LogP contribution in [0.25, 0.3) is 0 Å². The number of halogens is 2. The fourth-order valence-corrected chi connectivity index (χ4v) is 2.58. The number of nitro benzene ring substituents is 1. The van der Waals surface area contributed by atoms with Crippen molar-refractivity contribution in [2.45, 2.75) is 11.5 Å². The van der Waals surface area contributed by atoms with Crippen LogP contribution in [0.15, 0.2) is 41.3 Å². The highest BCUT2D eigenvalue weighted by Gasteiger charge is 2.20. The average Bonchev–Trinajstić information content (AvgIpc) is 2.47. The molecule has 0 saturated heterocycles. The van der Waals surface area contributed by atoms with Crippen molar-refractivity contribution in [2.75, 3.05) is 0 Å². The van der Waals surface area contributed by atoms with Gasteiger partial charge in [-0.3, -0.25) is 10.1 Å². The molecule has 0 aromatic heterocycles. The van der Waals surface area contributed by atoms with Crippen molar-refractivity contribution < 1.29 is 18.1 Å². The molecule has 0 atom stereocenters. The molecular weight excluding hydrogens is 367 g/mol. The van der Waals surface area contributed by atoms with E-state index in [9.17, 15) is 18.5 Å². The second-order valence-electron chi connectivity index (χ2n) is 4.47. The molecule has 0 aliphatic rings. The zero-order valence-corrected chi connectivity index (χ0v) is 13.7. The van der Waals surface area contributed by atoms with Crippen LogP contribution >= 0.6 is 23.2 Å². The van der Waals surface area contributed by atoms with E-state index in [0.29, 0.717) is 15.6 Å². The van der Waals surface area contributed by atoms with Crippen molar-refractivity contribution in [2.24, 2.45) is 5.14 Å². The lowest BCUT2D eigenvalue weighted by Crippen LogP contribution is -2.12. The molecule has 0 aliphatic carbocycles. The van der Waals surface area contributed by atoms with Crippen LogP contribution in [0, 0.1) is 10.1 Å². The Kier molecular flexibility index (Phi) is 5.10. The number of ether oxygens (including phenoxy) is 1. The molecule has 0 aliphatic heterocycles. The monoisotopic (exact) mass is 376 g/mol. The van der Waals surface area contributed by atoms with Gasteiger partial charge in [0.05, 0.1) is 19.9 Å². The lowest BCUT2D eigenvalue weighted by Gasteiger charge is -2.08. The van der Waals surface area contributed by atoms with Crippen molar-refractivity contribution in [3.63, 3.8) is 0 Å². The Balaban J connectivity index is 2.28. The van der Waals surface area contributed by atoms with Crippen LogP contribution in [0.3, 0.4) is 0 Å². The van der Waals surface area contributed by atoms with E-state index in [1.54, 1.807) is 18.2 Å². The van der Waals surface area contributed by atoms with Gasteiger partial charge in [0.2, 0.25) is 10.0 Å². The summed E-state index contributed by atoms with van der Waals surface area (Å²) in [5, 5.41) is 16.7. The molecular formula is C13H10Cl2N2O5S. The number of hydrogen-bond acceptors (Lipinski definition) is 5. The lowest BCUT2D eigenvalue weighted by atomic mass is 10.2. The Morgan fingerprint density at radius 1 is 1.13 bits per heavy atom. The minimum Gasteiger partial charge on any atom is -0.482 e. The maximum absolute atomic E-state index is 11.3. The van der Waals surface area contributed by atoms with Gasteiger partial charge in [-0.05, 0) is 29.8 Å². The Morgan fingerprint density at radius 3 is 2.39 bits per heavy atom. The van der Waals surface area contributed by atoms with Crippen LogP contribution in [0.1, 0.15) is 5.56 Å². The Bertz CT molecular complexity index is 871. The molecule has 0 fully saturated rings. The quantitative estimate of drug-likeness (QED) is 0.635. The summed E-state index contributed by atoms with van der Waals surface area (Å²) < 4.78 is 27.9. The maximum atomic E-state index is 11.3. The largest absolute Gasteiger partial charge is 0.482 e. The normalized spacial score (nSPS) is 11.3. The molecule has 0 radical (unpaired) electrons. The third-order valence-electron chi connectivity index (χ3n) is 2.83. The van der Waals surface area contributed by atoms with Crippen LogP contribution in [-0.4, -0.2) is 13.3 Å². The third-order valence-corrected chi connectivity index (χ3v) is 4.48. The SMILES string of the molecule is NS(=O)(=O)c1ccc(OCc2ccc(Cl)c(Cl)c2)c([N+](=O)[O-])c1. The van der Waals surface area contributed by atoms with Gasteiger partial charge in [-0.15, -0.1) is 0 Å². The molecule has 0 amide bonds. The molecule has 7 nitrogen and oxygen atoms in total. The van der Waals surface area contributed by atoms with Gasteiger partial charge in [0.25, 0.3) is 0 Å². The molecule has 0 spiro atoms. The van der Waals surface area contributed by atoms with Crippen LogP contribution < -0.4 is 9.88 Å². The summed E-state index contributed by atoms with van der Waals surface area (Å²) in [5.41, 5.74) is 0.140. The zero-order chi connectivity index (χ0) is 17.2. The summed E-state index contributed by atoms with van der Waals surface area (Å²) in [7, 11) is -4.05. The fourth-order valence-electron chi connectivity index (χ4n) is 1.73. The molecule has 2 aromatic rings. The van der Waals surface area contributed by atoms with E-state index in [-0.39, 0.29) is 17.3 Å². The Hall–Kier alpha value is -1.87. The van der Waals surface area contributed by atoms with Crippen LogP contribution in [0.2, 0.25) is 10.0 Å². The van der Waals surface area contributed by atoms with Crippen molar-refractivity contribution in [3.05, 3.63) is 62.1 Å². The zero-order valence-electron chi connectivity index (χ0n) is 11.4. The van der Waals surface area contributed by atoms with Gasteiger partial charge < -0.3 is 4.74 Å². The van der Waals surface area contributed by atoms with Gasteiger partial charge in [0.1, 0.15) is 6.61 Å². The van der Waals surface area contributed by atoms with E-state index in [4.69, 9.17) is 33.1 Å². The first kappa shape index (κ1) is 17.5. The van der Waals surface area contributed by atoms with Gasteiger partial charge in [0.15, 0.2) is 5.75 Å². The van der Waals surface area contributed by atoms with Gasteiger partial charge in [-0.25, -0.2) is 13.6 Å². The van der Waals surface area contributed by atoms with Crippen molar-refractivity contribution in [1.29, 1.82) is 0 Å². The molecule has 10 heteroatoms. The number of nitrogens with zero attached hydrogens (tertiary/aromatic N) is 1. The predicted octanol–water partition coefficient (Wildman–Crippen LogP) is 3.13. The van der Waals surface area contributed by atoms with Crippen LogP contribution in [-0.2, 0) is 16.6 Å². The van der Waals surface area contributed by atoms with E-state index >= 15 is 0 Å². The number of nitro groups is 1. The standard InChI is InChI=1S/C13H10Cl2N2O5S/c14-10-3-1-8(5-11(10)15)7-22-13-4-2-9(23(16,20)21)6-12(13)17(18)19/h1-6H,7H2,(H2,16,20,21). The summed E-state index contributed by atoms with van der Waals surface area (Å²) in [6.07, 6.45) is 0. The number of benzene rings is 2. The Morgan fingerprint density at radius 2 is 1.83 bits per heavy atom.